The lowest BCUT2D eigenvalue weighted by Gasteiger charge is -2.21. The third kappa shape index (κ3) is 4.02. The first-order valence-electron chi connectivity index (χ1n) is 6.62. The molecule has 118 valence electrons. The first-order chi connectivity index (χ1) is 9.58. The van der Waals surface area contributed by atoms with Crippen LogP contribution >= 0.6 is 0 Å². The van der Waals surface area contributed by atoms with Crippen LogP contribution in [0, 0.1) is 6.92 Å². The number of aliphatic hydroxyl groups is 1. The third-order valence-electron chi connectivity index (χ3n) is 2.98. The molecule has 2 N–H and O–H groups in total. The van der Waals surface area contributed by atoms with E-state index in [0.717, 1.165) is 15.6 Å². The lowest BCUT2D eigenvalue weighted by Crippen LogP contribution is -2.36. The van der Waals surface area contributed by atoms with Crippen molar-refractivity contribution >= 4 is 11.2 Å². The number of H-pyrrole nitrogens is 1. The molecule has 2 aromatic heterocycles. The molecule has 2 heterocycles. The van der Waals surface area contributed by atoms with E-state index in [-0.39, 0.29) is 17.9 Å². The van der Waals surface area contributed by atoms with E-state index in [1.54, 1.807) is 14.0 Å². The Morgan fingerprint density at radius 1 is 1.19 bits per heavy atom. The Morgan fingerprint density at radius 2 is 1.76 bits per heavy atom. The van der Waals surface area contributed by atoms with Gasteiger partial charge in [0.1, 0.15) is 17.9 Å². The van der Waals surface area contributed by atoms with Gasteiger partial charge in [0, 0.05) is 14.1 Å². The maximum Gasteiger partial charge on any atom is 0.332 e. The highest BCUT2D eigenvalue weighted by atomic mass is 16.3. The molecular formula is C13H24N5O3+. The summed E-state index contributed by atoms with van der Waals surface area (Å²) < 4.78 is 3.25. The minimum atomic E-state index is -0.367. The van der Waals surface area contributed by atoms with Gasteiger partial charge < -0.3 is 14.6 Å². The van der Waals surface area contributed by atoms with Crippen molar-refractivity contribution in [3.63, 3.8) is 0 Å². The molecule has 0 spiro atoms. The number of imidazole rings is 1. The molecule has 0 saturated carbocycles. The van der Waals surface area contributed by atoms with Crippen LogP contribution in [0.3, 0.4) is 0 Å². The second-order valence-corrected chi connectivity index (χ2v) is 5.96. The predicted molar refractivity (Wildman–Crippen MR) is 81.3 cm³/mol. The van der Waals surface area contributed by atoms with Gasteiger partial charge in [-0.05, 0) is 6.92 Å². The van der Waals surface area contributed by atoms with Gasteiger partial charge in [0.25, 0.3) is 5.56 Å². The summed E-state index contributed by atoms with van der Waals surface area (Å²) in [6.07, 6.45) is 0. The lowest BCUT2D eigenvalue weighted by molar-refractivity contribution is -0.870. The summed E-state index contributed by atoms with van der Waals surface area (Å²) in [5.41, 5.74) is 0.0559. The molecular weight excluding hydrogens is 274 g/mol. The van der Waals surface area contributed by atoms with Gasteiger partial charge in [-0.1, -0.05) is 0 Å². The lowest BCUT2D eigenvalue weighted by atomic mass is 10.5. The summed E-state index contributed by atoms with van der Waals surface area (Å²) in [5, 5.41) is 8.39. The number of aryl methyl sites for hydroxylation is 2. The van der Waals surface area contributed by atoms with Crippen LogP contribution in [0.5, 0.6) is 0 Å². The zero-order chi connectivity index (χ0) is 16.4. The van der Waals surface area contributed by atoms with Crippen molar-refractivity contribution in [3.05, 3.63) is 26.7 Å². The minimum Gasteiger partial charge on any atom is -0.391 e. The van der Waals surface area contributed by atoms with Crippen molar-refractivity contribution in [2.24, 2.45) is 14.1 Å². The molecule has 2 rings (SSSR count). The zero-order valence-electron chi connectivity index (χ0n) is 13.5. The summed E-state index contributed by atoms with van der Waals surface area (Å²) >= 11 is 0. The number of aromatic amines is 1. The maximum absolute atomic E-state index is 11.6. The van der Waals surface area contributed by atoms with E-state index < -0.39 is 0 Å². The summed E-state index contributed by atoms with van der Waals surface area (Å²) in [4.78, 5) is 30.0. The number of aromatic nitrogens is 4. The van der Waals surface area contributed by atoms with Crippen LogP contribution in [0.15, 0.2) is 9.59 Å². The molecule has 0 fully saturated rings. The van der Waals surface area contributed by atoms with Gasteiger partial charge in [0.15, 0.2) is 5.65 Å². The Kier molecular flexibility index (Phi) is 5.08. The highest BCUT2D eigenvalue weighted by Gasteiger charge is 2.11. The Labute approximate surface area is 122 Å². The molecule has 0 saturated heterocycles. The van der Waals surface area contributed by atoms with Crippen LogP contribution in [0.1, 0.15) is 5.82 Å². The molecule has 0 unspecified atom stereocenters. The minimum absolute atomic E-state index is 0.281. The maximum atomic E-state index is 11.6. The van der Waals surface area contributed by atoms with Gasteiger partial charge in [-0.2, -0.15) is 0 Å². The summed E-state index contributed by atoms with van der Waals surface area (Å²) in [6.45, 7) is 2.85. The number of aliphatic hydroxyl groups excluding tert-OH is 1. The molecule has 2 aromatic rings. The van der Waals surface area contributed by atoms with E-state index in [1.165, 1.54) is 11.6 Å². The normalized spacial score (nSPS) is 11.4. The fourth-order valence-electron chi connectivity index (χ4n) is 1.74. The van der Waals surface area contributed by atoms with Gasteiger partial charge in [-0.25, -0.2) is 9.78 Å². The van der Waals surface area contributed by atoms with E-state index in [4.69, 9.17) is 5.11 Å². The summed E-state index contributed by atoms with van der Waals surface area (Å²) in [6, 6.07) is 0. The van der Waals surface area contributed by atoms with Crippen molar-refractivity contribution < 1.29 is 9.59 Å². The van der Waals surface area contributed by atoms with E-state index in [2.05, 4.69) is 31.1 Å². The van der Waals surface area contributed by atoms with Crippen LogP contribution in [0.2, 0.25) is 0 Å². The molecule has 0 amide bonds. The van der Waals surface area contributed by atoms with E-state index in [1.807, 2.05) is 0 Å². The first-order valence-corrected chi connectivity index (χ1v) is 6.62. The Morgan fingerprint density at radius 3 is 2.19 bits per heavy atom. The van der Waals surface area contributed by atoms with Crippen molar-refractivity contribution in [1.29, 1.82) is 0 Å². The van der Waals surface area contributed by atoms with Crippen molar-refractivity contribution in [2.45, 2.75) is 6.92 Å². The number of hydrogen-bond donors (Lipinski definition) is 2. The van der Waals surface area contributed by atoms with E-state index in [9.17, 15) is 9.59 Å². The monoisotopic (exact) mass is 298 g/mol. The number of nitrogens with one attached hydrogen (secondary N) is 1. The molecule has 0 aliphatic rings. The fourth-order valence-corrected chi connectivity index (χ4v) is 1.74. The van der Waals surface area contributed by atoms with E-state index >= 15 is 0 Å². The van der Waals surface area contributed by atoms with Gasteiger partial charge in [-0.3, -0.25) is 13.9 Å². The SMILES string of the molecule is C[N+](C)(C)CCO.Cc1nc2c([nH]1)c(=O)n(C)c(=O)n2C. The van der Waals surface area contributed by atoms with Gasteiger partial charge >= 0.3 is 5.69 Å². The van der Waals surface area contributed by atoms with E-state index in [0.29, 0.717) is 17.0 Å². The Balaban J connectivity index is 0.000000270. The van der Waals surface area contributed by atoms with Crippen LogP contribution in [0.4, 0.5) is 0 Å². The third-order valence-corrected chi connectivity index (χ3v) is 2.98. The highest BCUT2D eigenvalue weighted by molar-refractivity contribution is 5.69. The van der Waals surface area contributed by atoms with Crippen molar-refractivity contribution in [2.75, 3.05) is 34.3 Å². The van der Waals surface area contributed by atoms with Gasteiger partial charge in [0.2, 0.25) is 0 Å². The van der Waals surface area contributed by atoms with Crippen LogP contribution in [-0.2, 0) is 14.1 Å². The molecule has 8 heteroatoms. The number of fused-ring (bicyclic) bond motifs is 1. The summed E-state index contributed by atoms with van der Waals surface area (Å²) in [7, 11) is 9.19. The van der Waals surface area contributed by atoms with Gasteiger partial charge in [0.05, 0.1) is 27.7 Å². The molecule has 0 bridgehead atoms. The number of nitrogens with zero attached hydrogens (tertiary/aromatic N) is 4. The second kappa shape index (κ2) is 6.23. The molecule has 21 heavy (non-hydrogen) atoms. The average molecular weight is 298 g/mol. The topological polar surface area (TPSA) is 92.9 Å². The van der Waals surface area contributed by atoms with Crippen LogP contribution in [-0.4, -0.2) is 63.0 Å². The summed E-state index contributed by atoms with van der Waals surface area (Å²) in [5.74, 6) is 0.623. The largest absolute Gasteiger partial charge is 0.391 e. The number of rotatable bonds is 2. The highest BCUT2D eigenvalue weighted by Crippen LogP contribution is 2.01. The Bertz CT molecular complexity index is 733. The molecule has 0 atom stereocenters. The standard InChI is InChI=1S/C8H10N4O2.C5H14NO/c1-4-9-5-6(10-4)11(2)8(14)12(3)7(5)13;1-6(2,3)4-5-7/h1-3H3,(H,9,10);7H,4-5H2,1-3H3/q;+1. The zero-order valence-corrected chi connectivity index (χ0v) is 13.5. The predicted octanol–water partition coefficient (Wildman–Crippen LogP) is -1.05. The van der Waals surface area contributed by atoms with Gasteiger partial charge in [-0.15, -0.1) is 0 Å². The average Bonchev–Trinajstić information content (AvgIpc) is 2.75. The molecule has 0 aromatic carbocycles. The number of quaternary nitrogens is 1. The Hall–Kier alpha value is -1.93. The number of hydrogen-bond acceptors (Lipinski definition) is 4. The molecule has 8 nitrogen and oxygen atoms in total. The van der Waals surface area contributed by atoms with Crippen molar-refractivity contribution in [1.82, 2.24) is 19.1 Å². The smallest absolute Gasteiger partial charge is 0.332 e. The molecule has 0 aliphatic carbocycles. The fraction of sp³-hybridized carbons (Fsp3) is 0.615. The molecule has 0 aliphatic heterocycles. The number of likely N-dealkylation sites (N-methyl/N-ethyl adjacent to an activating group) is 1. The second-order valence-electron chi connectivity index (χ2n) is 5.96. The quantitative estimate of drug-likeness (QED) is 0.692. The van der Waals surface area contributed by atoms with Crippen LogP contribution in [0.25, 0.3) is 11.2 Å². The molecule has 0 radical (unpaired) electrons. The van der Waals surface area contributed by atoms with Crippen LogP contribution < -0.4 is 11.2 Å². The first kappa shape index (κ1) is 17.1. The van der Waals surface area contributed by atoms with Crippen molar-refractivity contribution in [3.8, 4) is 0 Å².